The van der Waals surface area contributed by atoms with Gasteiger partial charge in [-0.05, 0) is 38.8 Å². The quantitative estimate of drug-likeness (QED) is 0.550. The number of carbonyl (C=O) groups excluding carboxylic acids is 1. The zero-order valence-electron chi connectivity index (χ0n) is 19.0. The molecule has 2 atom stereocenters. The molecular weight excluding hydrogens is 441 g/mol. The third-order valence-electron chi connectivity index (χ3n) is 5.87. The van der Waals surface area contributed by atoms with Crippen LogP contribution in [0.4, 0.5) is 10.3 Å². The lowest BCUT2D eigenvalue weighted by molar-refractivity contribution is -0.130. The molecule has 0 radical (unpaired) electrons. The van der Waals surface area contributed by atoms with E-state index >= 15 is 0 Å². The second-order valence-electron chi connectivity index (χ2n) is 8.87. The van der Waals surface area contributed by atoms with Crippen LogP contribution in [0, 0.1) is 5.82 Å². The Bertz CT molecular complexity index is 1290. The van der Waals surface area contributed by atoms with Crippen molar-refractivity contribution < 1.29 is 18.7 Å². The van der Waals surface area contributed by atoms with Gasteiger partial charge in [-0.2, -0.15) is 4.98 Å². The fourth-order valence-electron chi connectivity index (χ4n) is 4.11. The predicted octanol–water partition coefficient (Wildman–Crippen LogP) is 2.61. The zero-order chi connectivity index (χ0) is 23.8. The minimum absolute atomic E-state index is 0.0115. The highest BCUT2D eigenvalue weighted by atomic mass is 19.1. The molecule has 34 heavy (non-hydrogen) atoms. The molecule has 10 heteroatoms. The second-order valence-corrected chi connectivity index (χ2v) is 8.87. The second kappa shape index (κ2) is 9.11. The van der Waals surface area contributed by atoms with Crippen LogP contribution in [0.25, 0.3) is 22.2 Å². The summed E-state index contributed by atoms with van der Waals surface area (Å²) < 4.78 is 27.1. The maximum absolute atomic E-state index is 14.4. The number of anilines is 1. The lowest BCUT2D eigenvalue weighted by Gasteiger charge is -2.19. The van der Waals surface area contributed by atoms with Gasteiger partial charge in [-0.1, -0.05) is 18.2 Å². The van der Waals surface area contributed by atoms with Gasteiger partial charge in [0.25, 0.3) is 11.5 Å². The summed E-state index contributed by atoms with van der Waals surface area (Å²) in [6.45, 7) is 4.03. The Labute approximate surface area is 195 Å². The van der Waals surface area contributed by atoms with Gasteiger partial charge in [-0.3, -0.25) is 14.2 Å². The normalized spacial score (nSPS) is 20.1. The van der Waals surface area contributed by atoms with Gasteiger partial charge >= 0.3 is 0 Å². The number of nitrogens with one attached hydrogen (secondary N) is 2. The van der Waals surface area contributed by atoms with Crippen molar-refractivity contribution >= 4 is 22.9 Å². The van der Waals surface area contributed by atoms with E-state index in [1.165, 1.54) is 6.07 Å². The predicted molar refractivity (Wildman–Crippen MR) is 124 cm³/mol. The highest BCUT2D eigenvalue weighted by molar-refractivity contribution is 5.83. The summed E-state index contributed by atoms with van der Waals surface area (Å²) in [5.41, 5.74) is 0.762. The summed E-state index contributed by atoms with van der Waals surface area (Å²) in [5, 5.41) is 6.56. The molecule has 3 heterocycles. The molecule has 9 nitrogen and oxygen atoms in total. The standard InChI is InChI=1S/C24H26FN5O4/c1-13(2)28-22(31)20-19(33-12-34-20)11-27-24-26-10-14-9-17(16-5-3-4-6-18(16)25)23(32)30(15-7-8-15)21(14)29-24/h3-6,9-10,13,15,19-20H,7-8,11-12H2,1-2H3,(H,28,31)(H,26,27,29)/t19-,20+/m0/s1. The van der Waals surface area contributed by atoms with Gasteiger partial charge in [0.1, 0.15) is 24.4 Å². The molecule has 0 spiro atoms. The fourth-order valence-corrected chi connectivity index (χ4v) is 4.11. The molecule has 1 aliphatic carbocycles. The number of benzene rings is 1. The lowest BCUT2D eigenvalue weighted by atomic mass is 10.1. The van der Waals surface area contributed by atoms with Gasteiger partial charge in [0.05, 0.1) is 5.56 Å². The molecule has 2 fully saturated rings. The van der Waals surface area contributed by atoms with Crippen molar-refractivity contribution in [3.63, 3.8) is 0 Å². The minimum atomic E-state index is -0.733. The number of aromatic nitrogens is 3. The van der Waals surface area contributed by atoms with Crippen LogP contribution in [0.1, 0.15) is 32.7 Å². The summed E-state index contributed by atoms with van der Waals surface area (Å²) in [6.07, 6.45) is 2.10. The Hall–Kier alpha value is -3.37. The summed E-state index contributed by atoms with van der Waals surface area (Å²) in [4.78, 5) is 34.6. The number of nitrogens with zero attached hydrogens (tertiary/aromatic N) is 3. The van der Waals surface area contributed by atoms with Gasteiger partial charge in [0.2, 0.25) is 5.95 Å². The number of hydrogen-bond acceptors (Lipinski definition) is 7. The SMILES string of the molecule is CC(C)NC(=O)[C@@H]1OCO[C@H]1CNc1ncc2cc(-c3ccccc3F)c(=O)n(C3CC3)c2n1. The molecular formula is C24H26FN5O4. The number of carbonyl (C=O) groups is 1. The number of pyridine rings is 1. The van der Waals surface area contributed by atoms with E-state index in [0.29, 0.717) is 17.0 Å². The van der Waals surface area contributed by atoms with Crippen molar-refractivity contribution in [2.24, 2.45) is 0 Å². The molecule has 0 unspecified atom stereocenters. The molecule has 1 amide bonds. The monoisotopic (exact) mass is 467 g/mol. The highest BCUT2D eigenvalue weighted by Crippen LogP contribution is 2.36. The summed E-state index contributed by atoms with van der Waals surface area (Å²) >= 11 is 0. The van der Waals surface area contributed by atoms with Crippen LogP contribution in [0.15, 0.2) is 41.3 Å². The Morgan fingerprint density at radius 3 is 2.76 bits per heavy atom. The van der Waals surface area contributed by atoms with Crippen molar-refractivity contribution in [2.75, 3.05) is 18.7 Å². The first kappa shape index (κ1) is 22.4. The first-order valence-corrected chi connectivity index (χ1v) is 11.4. The topological polar surface area (TPSA) is 107 Å². The van der Waals surface area contributed by atoms with Crippen molar-refractivity contribution in [3.05, 3.63) is 52.7 Å². The average Bonchev–Trinajstić information content (AvgIpc) is 3.53. The molecule has 1 aliphatic heterocycles. The van der Waals surface area contributed by atoms with Gasteiger partial charge in [0, 0.05) is 35.8 Å². The molecule has 2 aromatic heterocycles. The maximum atomic E-state index is 14.4. The Balaban J connectivity index is 1.43. The fraction of sp³-hybridized carbons (Fsp3) is 0.417. The number of rotatable bonds is 7. The Kier molecular flexibility index (Phi) is 6.01. The van der Waals surface area contributed by atoms with Gasteiger partial charge < -0.3 is 20.1 Å². The summed E-state index contributed by atoms with van der Waals surface area (Å²) in [5.74, 6) is -0.379. The largest absolute Gasteiger partial charge is 0.352 e. The first-order valence-electron chi connectivity index (χ1n) is 11.4. The Morgan fingerprint density at radius 1 is 1.24 bits per heavy atom. The molecule has 3 aromatic rings. The van der Waals surface area contributed by atoms with E-state index in [2.05, 4.69) is 20.6 Å². The van der Waals surface area contributed by atoms with Crippen LogP contribution in [0.5, 0.6) is 0 Å². The van der Waals surface area contributed by atoms with Crippen LogP contribution in [0.3, 0.4) is 0 Å². The van der Waals surface area contributed by atoms with Crippen molar-refractivity contribution in [1.82, 2.24) is 19.9 Å². The molecule has 0 bridgehead atoms. The van der Waals surface area contributed by atoms with Crippen LogP contribution in [-0.4, -0.2) is 52.0 Å². The number of amides is 1. The van der Waals surface area contributed by atoms with Crippen LogP contribution in [-0.2, 0) is 14.3 Å². The van der Waals surface area contributed by atoms with E-state index in [1.807, 2.05) is 13.8 Å². The van der Waals surface area contributed by atoms with Crippen molar-refractivity contribution in [3.8, 4) is 11.1 Å². The van der Waals surface area contributed by atoms with E-state index in [1.54, 1.807) is 35.0 Å². The molecule has 1 saturated carbocycles. The molecule has 2 N–H and O–H groups in total. The highest BCUT2D eigenvalue weighted by Gasteiger charge is 2.35. The van der Waals surface area contributed by atoms with Gasteiger partial charge in [0.15, 0.2) is 6.10 Å². The molecule has 2 aliphatic rings. The third kappa shape index (κ3) is 4.38. The third-order valence-corrected chi connectivity index (χ3v) is 5.87. The van der Waals surface area contributed by atoms with Gasteiger partial charge in [-0.15, -0.1) is 0 Å². The number of hydrogen-bond donors (Lipinski definition) is 2. The number of ether oxygens (including phenoxy) is 2. The minimum Gasteiger partial charge on any atom is -0.352 e. The van der Waals surface area contributed by atoms with Crippen molar-refractivity contribution in [1.29, 1.82) is 0 Å². The smallest absolute Gasteiger partial charge is 0.260 e. The van der Waals surface area contributed by atoms with Crippen molar-refractivity contribution in [2.45, 2.75) is 51.0 Å². The van der Waals surface area contributed by atoms with Gasteiger partial charge in [-0.25, -0.2) is 9.37 Å². The maximum Gasteiger partial charge on any atom is 0.260 e. The molecule has 178 valence electrons. The molecule has 5 rings (SSSR count). The van der Waals surface area contributed by atoms with Crippen LogP contribution < -0.4 is 16.2 Å². The van der Waals surface area contributed by atoms with E-state index < -0.39 is 18.0 Å². The molecule has 1 aromatic carbocycles. The average molecular weight is 468 g/mol. The van der Waals surface area contributed by atoms with E-state index in [4.69, 9.17) is 9.47 Å². The van der Waals surface area contributed by atoms with Crippen LogP contribution >= 0.6 is 0 Å². The van der Waals surface area contributed by atoms with E-state index in [-0.39, 0.29) is 48.0 Å². The number of halogens is 1. The summed E-state index contributed by atoms with van der Waals surface area (Å²) in [6, 6.07) is 7.89. The Morgan fingerprint density at radius 2 is 2.03 bits per heavy atom. The van der Waals surface area contributed by atoms with Crippen LogP contribution in [0.2, 0.25) is 0 Å². The van der Waals surface area contributed by atoms with E-state index in [9.17, 15) is 14.0 Å². The summed E-state index contributed by atoms with van der Waals surface area (Å²) in [7, 11) is 0. The zero-order valence-corrected chi connectivity index (χ0v) is 19.0. The lowest BCUT2D eigenvalue weighted by Crippen LogP contribution is -2.45. The molecule has 1 saturated heterocycles. The van der Waals surface area contributed by atoms with E-state index in [0.717, 1.165) is 12.8 Å². The first-order chi connectivity index (χ1) is 16.4. The number of fused-ring (bicyclic) bond motifs is 1.